The third kappa shape index (κ3) is 3.66. The molecule has 0 aliphatic heterocycles. The fraction of sp³-hybridized carbons (Fsp3) is 0.900. The molecule has 4 fully saturated rings. The molecule has 11 atom stereocenters. The predicted molar refractivity (Wildman–Crippen MR) is 137 cm³/mol. The van der Waals surface area contributed by atoms with Crippen LogP contribution in [0, 0.1) is 45.3 Å². The number of carbonyl (C=O) groups excluding carboxylic acids is 1. The minimum atomic E-state index is -1.11. The second kappa shape index (κ2) is 8.38. The molecule has 200 valence electrons. The van der Waals surface area contributed by atoms with E-state index in [0.29, 0.717) is 25.7 Å². The summed E-state index contributed by atoms with van der Waals surface area (Å²) in [4.78, 5) is 14.1. The Balaban J connectivity index is 1.76. The van der Waals surface area contributed by atoms with E-state index in [1.54, 1.807) is 0 Å². The first-order valence-corrected chi connectivity index (χ1v) is 13.9. The van der Waals surface area contributed by atoms with Crippen LogP contribution in [-0.2, 0) is 4.79 Å². The topological polar surface area (TPSA) is 98.0 Å². The maximum Gasteiger partial charge on any atom is 0.165 e. The van der Waals surface area contributed by atoms with E-state index >= 15 is 0 Å². The third-order valence-electron chi connectivity index (χ3n) is 12.0. The fourth-order valence-electron chi connectivity index (χ4n) is 10.3. The predicted octanol–water partition coefficient (Wildman–Crippen LogP) is 4.65. The summed E-state index contributed by atoms with van der Waals surface area (Å²) in [5, 5.41) is 45.9. The zero-order valence-corrected chi connectivity index (χ0v) is 23.3. The monoisotopic (exact) mass is 490 g/mol. The Morgan fingerprint density at radius 3 is 2.23 bits per heavy atom. The van der Waals surface area contributed by atoms with E-state index in [0.717, 1.165) is 19.3 Å². The van der Waals surface area contributed by atoms with Gasteiger partial charge in [0.1, 0.15) is 6.10 Å². The minimum absolute atomic E-state index is 0.111. The number of rotatable bonds is 4. The molecular formula is C30H50O5. The van der Waals surface area contributed by atoms with Crippen molar-refractivity contribution in [2.45, 2.75) is 124 Å². The average Bonchev–Trinajstić information content (AvgIpc) is 3.09. The number of ketones is 1. The van der Waals surface area contributed by atoms with Crippen molar-refractivity contribution in [3.05, 3.63) is 11.6 Å². The number of hydrogen-bond acceptors (Lipinski definition) is 5. The molecule has 0 saturated heterocycles. The average molecular weight is 491 g/mol. The molecule has 0 heterocycles. The van der Waals surface area contributed by atoms with Crippen LogP contribution in [0.3, 0.4) is 0 Å². The van der Waals surface area contributed by atoms with Gasteiger partial charge < -0.3 is 20.4 Å². The van der Waals surface area contributed by atoms with E-state index in [4.69, 9.17) is 0 Å². The van der Waals surface area contributed by atoms with Crippen molar-refractivity contribution in [1.82, 2.24) is 0 Å². The van der Waals surface area contributed by atoms with E-state index in [9.17, 15) is 25.2 Å². The molecule has 4 aliphatic carbocycles. The Bertz CT molecular complexity index is 887. The first-order chi connectivity index (χ1) is 15.9. The van der Waals surface area contributed by atoms with E-state index in [1.807, 2.05) is 20.8 Å². The Morgan fingerprint density at radius 2 is 1.63 bits per heavy atom. The van der Waals surface area contributed by atoms with Crippen LogP contribution in [0.1, 0.15) is 100 Å². The standard InChI is InChI=1S/C30H50O5/c1-17(2)10-9-13-30(8,35)18-11-15-28(6)21(18)22(33)23(34)25-27(5)14-12-20(32)26(3,4)24(27)19(31)16-29(25,28)7/h10,18-21,23-25,31-32,34-35H,9,11-16H2,1-8H3. The van der Waals surface area contributed by atoms with Crippen molar-refractivity contribution < 1.29 is 25.2 Å². The van der Waals surface area contributed by atoms with Crippen LogP contribution in [0.5, 0.6) is 0 Å². The van der Waals surface area contributed by atoms with E-state index in [1.165, 1.54) is 5.57 Å². The van der Waals surface area contributed by atoms with Crippen molar-refractivity contribution >= 4 is 5.78 Å². The molecule has 0 aromatic rings. The highest BCUT2D eigenvalue weighted by molar-refractivity contribution is 5.88. The summed E-state index contributed by atoms with van der Waals surface area (Å²) in [6, 6.07) is 0. The smallest absolute Gasteiger partial charge is 0.165 e. The summed E-state index contributed by atoms with van der Waals surface area (Å²) in [6.45, 7) is 16.6. The van der Waals surface area contributed by atoms with Gasteiger partial charge >= 0.3 is 0 Å². The number of carbonyl (C=O) groups is 1. The molecule has 0 spiro atoms. The van der Waals surface area contributed by atoms with E-state index in [2.05, 4.69) is 40.7 Å². The zero-order valence-electron chi connectivity index (χ0n) is 23.3. The summed E-state index contributed by atoms with van der Waals surface area (Å²) in [6.07, 6.45) is 4.64. The van der Waals surface area contributed by atoms with E-state index < -0.39 is 51.5 Å². The van der Waals surface area contributed by atoms with Crippen LogP contribution in [0.4, 0.5) is 0 Å². The summed E-state index contributed by atoms with van der Waals surface area (Å²) in [5.74, 6) is -1.21. The van der Waals surface area contributed by atoms with Gasteiger partial charge in [-0.15, -0.1) is 0 Å². The quantitative estimate of drug-likeness (QED) is 0.430. The fourth-order valence-corrected chi connectivity index (χ4v) is 10.3. The van der Waals surface area contributed by atoms with Crippen LogP contribution in [0.25, 0.3) is 0 Å². The van der Waals surface area contributed by atoms with Crippen molar-refractivity contribution in [2.24, 2.45) is 45.3 Å². The van der Waals surface area contributed by atoms with Crippen molar-refractivity contribution in [3.8, 4) is 0 Å². The van der Waals surface area contributed by atoms with Crippen LogP contribution < -0.4 is 0 Å². The Kier molecular flexibility index (Phi) is 6.53. The van der Waals surface area contributed by atoms with Gasteiger partial charge in [0, 0.05) is 11.8 Å². The molecule has 0 bridgehead atoms. The van der Waals surface area contributed by atoms with Crippen molar-refractivity contribution in [3.63, 3.8) is 0 Å². The van der Waals surface area contributed by atoms with Gasteiger partial charge in [-0.05, 0) is 99.2 Å². The number of hydrogen-bond donors (Lipinski definition) is 4. The highest BCUT2D eigenvalue weighted by Gasteiger charge is 2.75. The number of allylic oxidation sites excluding steroid dienone is 2. The van der Waals surface area contributed by atoms with Gasteiger partial charge in [-0.1, -0.05) is 46.3 Å². The molecule has 11 unspecified atom stereocenters. The molecule has 0 aromatic heterocycles. The van der Waals surface area contributed by atoms with Gasteiger partial charge in [-0.25, -0.2) is 0 Å². The first kappa shape index (κ1) is 27.3. The van der Waals surface area contributed by atoms with Crippen molar-refractivity contribution in [1.29, 1.82) is 0 Å². The van der Waals surface area contributed by atoms with Gasteiger partial charge in [0.2, 0.25) is 0 Å². The summed E-state index contributed by atoms with van der Waals surface area (Å²) < 4.78 is 0. The lowest BCUT2D eigenvalue weighted by molar-refractivity contribution is -0.272. The molecule has 0 radical (unpaired) electrons. The highest BCUT2D eigenvalue weighted by atomic mass is 16.3. The highest BCUT2D eigenvalue weighted by Crippen LogP contribution is 2.75. The Morgan fingerprint density at radius 1 is 1.00 bits per heavy atom. The van der Waals surface area contributed by atoms with E-state index in [-0.39, 0.29) is 23.5 Å². The molecule has 0 amide bonds. The van der Waals surface area contributed by atoms with Gasteiger partial charge in [0.05, 0.1) is 17.8 Å². The molecule has 4 N–H and O–H groups in total. The van der Waals surface area contributed by atoms with Gasteiger partial charge in [-0.3, -0.25) is 4.79 Å². The molecule has 5 nitrogen and oxygen atoms in total. The number of aliphatic hydroxyl groups excluding tert-OH is 3. The maximum absolute atomic E-state index is 14.1. The molecule has 4 saturated carbocycles. The summed E-state index contributed by atoms with van der Waals surface area (Å²) >= 11 is 0. The molecule has 5 heteroatoms. The molecular weight excluding hydrogens is 440 g/mol. The zero-order chi connectivity index (χ0) is 26.4. The van der Waals surface area contributed by atoms with Crippen LogP contribution in [0.15, 0.2) is 11.6 Å². The van der Waals surface area contributed by atoms with Gasteiger partial charge in [-0.2, -0.15) is 0 Å². The second-order valence-corrected chi connectivity index (χ2v) is 14.6. The normalized spacial score (nSPS) is 50.5. The SMILES string of the molecule is CC(C)=CCCC(C)(O)C1CCC2(C)C1C(=O)C(O)C1C3(C)CCC(O)C(C)(C)C3C(O)CC12C. The lowest BCUT2D eigenvalue weighted by Gasteiger charge is -2.71. The van der Waals surface area contributed by atoms with Gasteiger partial charge in [0.25, 0.3) is 0 Å². The third-order valence-corrected chi connectivity index (χ3v) is 12.0. The molecule has 35 heavy (non-hydrogen) atoms. The lowest BCUT2D eigenvalue weighted by atomic mass is 9.34. The summed E-state index contributed by atoms with van der Waals surface area (Å²) in [7, 11) is 0. The second-order valence-electron chi connectivity index (χ2n) is 14.6. The summed E-state index contributed by atoms with van der Waals surface area (Å²) in [5.41, 5.74) is -1.59. The maximum atomic E-state index is 14.1. The van der Waals surface area contributed by atoms with Crippen LogP contribution in [0.2, 0.25) is 0 Å². The molecule has 0 aromatic carbocycles. The molecule has 4 aliphatic rings. The molecule has 4 rings (SSSR count). The largest absolute Gasteiger partial charge is 0.393 e. The minimum Gasteiger partial charge on any atom is -0.393 e. The van der Waals surface area contributed by atoms with Gasteiger partial charge in [0.15, 0.2) is 5.78 Å². The van der Waals surface area contributed by atoms with Crippen molar-refractivity contribution in [2.75, 3.05) is 0 Å². The number of fused-ring (bicyclic) bond motifs is 5. The van der Waals surface area contributed by atoms with Crippen LogP contribution >= 0.6 is 0 Å². The Labute approximate surface area is 212 Å². The first-order valence-electron chi connectivity index (χ1n) is 13.9. The number of Topliss-reactive ketones (excluding diaryl/α,β-unsaturated/α-hetero) is 1. The lowest BCUT2D eigenvalue weighted by Crippen LogP contribution is -2.73. The van der Waals surface area contributed by atoms with Crippen LogP contribution in [-0.4, -0.2) is 50.1 Å². The Hall–Kier alpha value is -0.750. The number of aliphatic hydroxyl groups is 4.